The number of amides is 1. The van der Waals surface area contributed by atoms with Crippen LogP contribution in [0.4, 0.5) is 11.4 Å². The van der Waals surface area contributed by atoms with E-state index in [4.69, 9.17) is 4.74 Å². The van der Waals surface area contributed by atoms with Gasteiger partial charge in [-0.25, -0.2) is 0 Å². The van der Waals surface area contributed by atoms with Crippen LogP contribution in [0.1, 0.15) is 18.5 Å². The van der Waals surface area contributed by atoms with Gasteiger partial charge >= 0.3 is 0 Å². The number of Topliss-reactive ketones (excluding diaryl/α,β-unsaturated/α-hetero) is 1. The molecule has 0 spiro atoms. The van der Waals surface area contributed by atoms with Crippen LogP contribution in [0.25, 0.3) is 0 Å². The topological polar surface area (TPSA) is 122 Å². The molecule has 9 heteroatoms. The number of aliphatic hydroxyl groups is 1. The van der Waals surface area contributed by atoms with E-state index >= 15 is 0 Å². The number of nitrogens with zero attached hydrogens (tertiary/aromatic N) is 2. The highest BCUT2D eigenvalue weighted by Crippen LogP contribution is 2.38. The highest BCUT2D eigenvalue weighted by atomic mass is 16.6. The van der Waals surface area contributed by atoms with Gasteiger partial charge in [0.15, 0.2) is 0 Å². The maximum atomic E-state index is 12.8. The Morgan fingerprint density at radius 1 is 1.17 bits per heavy atom. The van der Waals surface area contributed by atoms with Crippen LogP contribution in [0, 0.1) is 10.1 Å². The van der Waals surface area contributed by atoms with E-state index in [0.717, 1.165) is 0 Å². The lowest BCUT2D eigenvalue weighted by atomic mass is 9.96. The van der Waals surface area contributed by atoms with Crippen molar-refractivity contribution in [1.82, 2.24) is 4.90 Å². The molecule has 1 amide bonds. The van der Waals surface area contributed by atoms with E-state index in [1.807, 2.05) is 0 Å². The number of β-amino-alcohol motifs (C(OH)–C–C–N with tert-alkyl or cyclic N) is 1. The van der Waals surface area contributed by atoms with Crippen molar-refractivity contribution in [3.05, 3.63) is 75.5 Å². The van der Waals surface area contributed by atoms with Crippen LogP contribution in [-0.2, 0) is 9.59 Å². The number of nitro groups is 1. The quantitative estimate of drug-likeness (QED) is 0.310. The van der Waals surface area contributed by atoms with Crippen molar-refractivity contribution in [2.75, 3.05) is 25.6 Å². The van der Waals surface area contributed by atoms with Gasteiger partial charge in [0.05, 0.1) is 30.3 Å². The van der Waals surface area contributed by atoms with Gasteiger partial charge in [0, 0.05) is 30.1 Å². The number of aliphatic hydroxyl groups excluding tert-OH is 1. The molecular weight excluding hydrogens is 390 g/mol. The standard InChI is InChI=1S/C21H21N3O6/c1-13(22-15-5-9-17(30-2)10-6-15)18-19(23(11-12-25)21(27)20(18)26)14-3-7-16(8-4-14)24(28)29/h3-10,19,22,25H,11-12H2,1-2H3/b18-13-. The van der Waals surface area contributed by atoms with Gasteiger partial charge in [-0.05, 0) is 48.9 Å². The lowest BCUT2D eigenvalue weighted by Crippen LogP contribution is -2.32. The van der Waals surface area contributed by atoms with Gasteiger partial charge in [-0.15, -0.1) is 0 Å². The summed E-state index contributed by atoms with van der Waals surface area (Å²) < 4.78 is 5.13. The number of likely N-dealkylation sites (tertiary alicyclic amines) is 1. The molecule has 2 aromatic rings. The largest absolute Gasteiger partial charge is 0.497 e. The summed E-state index contributed by atoms with van der Waals surface area (Å²) >= 11 is 0. The summed E-state index contributed by atoms with van der Waals surface area (Å²) in [7, 11) is 1.56. The van der Waals surface area contributed by atoms with Gasteiger partial charge in [0.1, 0.15) is 5.75 Å². The van der Waals surface area contributed by atoms with Gasteiger partial charge in [-0.1, -0.05) is 0 Å². The Bertz CT molecular complexity index is 998. The summed E-state index contributed by atoms with van der Waals surface area (Å²) in [6.45, 7) is 1.33. The van der Waals surface area contributed by atoms with Crippen LogP contribution in [0.3, 0.4) is 0 Å². The molecule has 0 bridgehead atoms. The Kier molecular flexibility index (Phi) is 6.12. The molecule has 1 atom stereocenters. The normalized spacial score (nSPS) is 17.8. The average molecular weight is 411 g/mol. The summed E-state index contributed by atoms with van der Waals surface area (Å²) in [6.07, 6.45) is 0. The van der Waals surface area contributed by atoms with Gasteiger partial charge in [0.2, 0.25) is 0 Å². The molecule has 0 radical (unpaired) electrons. The highest BCUT2D eigenvalue weighted by molar-refractivity contribution is 6.45. The lowest BCUT2D eigenvalue weighted by Gasteiger charge is -2.25. The second kappa shape index (κ2) is 8.75. The number of carbonyl (C=O) groups is 2. The van der Waals surface area contributed by atoms with Crippen molar-refractivity contribution in [3.63, 3.8) is 0 Å². The Balaban J connectivity index is 2.03. The number of hydrogen-bond acceptors (Lipinski definition) is 7. The predicted octanol–water partition coefficient (Wildman–Crippen LogP) is 2.43. The minimum Gasteiger partial charge on any atom is -0.497 e. The molecule has 0 saturated carbocycles. The molecular formula is C21H21N3O6. The van der Waals surface area contributed by atoms with E-state index in [1.54, 1.807) is 38.3 Å². The molecule has 9 nitrogen and oxygen atoms in total. The Labute approximate surface area is 172 Å². The van der Waals surface area contributed by atoms with Gasteiger partial charge in [-0.2, -0.15) is 0 Å². The summed E-state index contributed by atoms with van der Waals surface area (Å²) in [5.74, 6) is -0.723. The number of non-ortho nitro benzene ring substituents is 1. The number of hydrogen-bond donors (Lipinski definition) is 2. The smallest absolute Gasteiger partial charge is 0.295 e. The van der Waals surface area contributed by atoms with Gasteiger partial charge in [0.25, 0.3) is 17.4 Å². The third kappa shape index (κ3) is 4.01. The molecule has 1 heterocycles. The SMILES string of the molecule is COc1ccc(N/C(C)=C2\C(=O)C(=O)N(CCO)C2c2ccc([N+](=O)[O-])cc2)cc1. The lowest BCUT2D eigenvalue weighted by molar-refractivity contribution is -0.384. The molecule has 0 aliphatic carbocycles. The maximum Gasteiger partial charge on any atom is 0.295 e. The molecule has 1 saturated heterocycles. The van der Waals surface area contributed by atoms with Crippen molar-refractivity contribution >= 4 is 23.1 Å². The first-order valence-corrected chi connectivity index (χ1v) is 9.19. The summed E-state index contributed by atoms with van der Waals surface area (Å²) in [5.41, 5.74) is 1.85. The number of carbonyl (C=O) groups excluding carboxylic acids is 2. The average Bonchev–Trinajstić information content (AvgIpc) is 2.99. The second-order valence-corrected chi connectivity index (χ2v) is 6.69. The van der Waals surface area contributed by atoms with E-state index in [1.165, 1.54) is 29.2 Å². The van der Waals surface area contributed by atoms with E-state index < -0.39 is 22.7 Å². The molecule has 156 valence electrons. The third-order valence-electron chi connectivity index (χ3n) is 4.87. The first-order chi connectivity index (χ1) is 14.4. The highest BCUT2D eigenvalue weighted by Gasteiger charge is 2.44. The van der Waals surface area contributed by atoms with Crippen LogP contribution < -0.4 is 10.1 Å². The number of nitrogens with one attached hydrogen (secondary N) is 1. The van der Waals surface area contributed by atoms with E-state index in [2.05, 4.69) is 5.32 Å². The van der Waals surface area contributed by atoms with Crippen molar-refractivity contribution in [1.29, 1.82) is 0 Å². The van der Waals surface area contributed by atoms with Gasteiger partial charge < -0.3 is 20.1 Å². The van der Waals surface area contributed by atoms with Crippen molar-refractivity contribution < 1.29 is 24.4 Å². The number of ketones is 1. The Hall–Kier alpha value is -3.72. The zero-order chi connectivity index (χ0) is 21.8. The predicted molar refractivity (Wildman–Crippen MR) is 109 cm³/mol. The summed E-state index contributed by atoms with van der Waals surface area (Å²) in [5, 5.41) is 23.5. The Morgan fingerprint density at radius 2 is 1.80 bits per heavy atom. The molecule has 2 N–H and O–H groups in total. The minimum atomic E-state index is -0.760. The fraction of sp³-hybridized carbons (Fsp3) is 0.238. The zero-order valence-corrected chi connectivity index (χ0v) is 16.5. The number of methoxy groups -OCH3 is 1. The first kappa shape index (κ1) is 21.0. The molecule has 1 aliphatic rings. The van der Waals surface area contributed by atoms with Crippen LogP contribution >= 0.6 is 0 Å². The van der Waals surface area contributed by atoms with Crippen molar-refractivity contribution in [2.45, 2.75) is 13.0 Å². The second-order valence-electron chi connectivity index (χ2n) is 6.69. The summed E-state index contributed by atoms with van der Waals surface area (Å²) in [4.78, 5) is 37.1. The van der Waals surface area contributed by atoms with Crippen LogP contribution in [0.2, 0.25) is 0 Å². The molecule has 30 heavy (non-hydrogen) atoms. The number of rotatable bonds is 7. The molecule has 3 rings (SSSR count). The molecule has 1 fully saturated rings. The van der Waals surface area contributed by atoms with Crippen molar-refractivity contribution in [3.8, 4) is 5.75 Å². The van der Waals surface area contributed by atoms with Crippen LogP contribution in [0.15, 0.2) is 59.8 Å². The van der Waals surface area contributed by atoms with E-state index in [0.29, 0.717) is 22.7 Å². The van der Waals surface area contributed by atoms with Crippen LogP contribution in [0.5, 0.6) is 5.75 Å². The van der Waals surface area contributed by atoms with Gasteiger partial charge in [-0.3, -0.25) is 19.7 Å². The number of benzene rings is 2. The number of ether oxygens (including phenoxy) is 1. The third-order valence-corrected chi connectivity index (χ3v) is 4.87. The zero-order valence-electron chi connectivity index (χ0n) is 16.5. The van der Waals surface area contributed by atoms with E-state index in [9.17, 15) is 24.8 Å². The minimum absolute atomic E-state index is 0.0362. The fourth-order valence-corrected chi connectivity index (χ4v) is 3.44. The van der Waals surface area contributed by atoms with Crippen molar-refractivity contribution in [2.24, 2.45) is 0 Å². The van der Waals surface area contributed by atoms with E-state index in [-0.39, 0.29) is 24.4 Å². The fourth-order valence-electron chi connectivity index (χ4n) is 3.44. The summed E-state index contributed by atoms with van der Waals surface area (Å²) in [6, 6.07) is 12.0. The Morgan fingerprint density at radius 3 is 2.33 bits per heavy atom. The molecule has 2 aromatic carbocycles. The maximum absolute atomic E-state index is 12.8. The van der Waals surface area contributed by atoms with Crippen LogP contribution in [-0.4, -0.2) is 46.9 Å². The monoisotopic (exact) mass is 411 g/mol. The first-order valence-electron chi connectivity index (χ1n) is 9.19. The number of anilines is 1. The number of allylic oxidation sites excluding steroid dienone is 1. The molecule has 1 unspecified atom stereocenters. The molecule has 0 aromatic heterocycles. The molecule has 1 aliphatic heterocycles. The number of nitro benzene ring substituents is 1.